The molecule has 0 saturated heterocycles. The van der Waals surface area contributed by atoms with Crippen LogP contribution in [0.5, 0.6) is 11.5 Å². The summed E-state index contributed by atoms with van der Waals surface area (Å²) in [5, 5.41) is 12.0. The van der Waals surface area contributed by atoms with Gasteiger partial charge < -0.3 is 14.8 Å². The molecule has 8 heteroatoms. The molecular formula is C19H13F3N2O3. The van der Waals surface area contributed by atoms with E-state index in [-0.39, 0.29) is 11.1 Å². The van der Waals surface area contributed by atoms with Crippen molar-refractivity contribution in [2.24, 2.45) is 0 Å². The van der Waals surface area contributed by atoms with E-state index in [1.54, 1.807) is 24.3 Å². The maximum Gasteiger partial charge on any atom is 0.416 e. The van der Waals surface area contributed by atoms with Crippen LogP contribution in [0.15, 0.2) is 54.2 Å². The fraction of sp³-hybridized carbons (Fsp3) is 0.158. The molecule has 0 amide bonds. The first kappa shape index (κ1) is 18.3. The first-order chi connectivity index (χ1) is 12.9. The lowest BCUT2D eigenvalue weighted by Gasteiger charge is -2.18. The third-order valence-corrected chi connectivity index (χ3v) is 3.74. The largest absolute Gasteiger partial charge is 0.486 e. The molecule has 0 saturated carbocycles. The number of allylic oxidation sites excluding steroid dienone is 1. The van der Waals surface area contributed by atoms with E-state index in [4.69, 9.17) is 9.47 Å². The number of carbonyl (C=O) groups excluding carboxylic acids is 1. The molecule has 0 unspecified atom stereocenters. The Labute approximate surface area is 152 Å². The number of carbonyl (C=O) groups is 1. The number of nitriles is 1. The van der Waals surface area contributed by atoms with Crippen molar-refractivity contribution in [2.45, 2.75) is 6.18 Å². The molecule has 1 aliphatic rings. The quantitative estimate of drug-likeness (QED) is 0.494. The van der Waals surface area contributed by atoms with Crippen LogP contribution >= 0.6 is 0 Å². The normalized spacial score (nSPS) is 13.6. The molecule has 2 aromatic carbocycles. The molecular weight excluding hydrogens is 361 g/mol. The second kappa shape index (κ2) is 7.41. The lowest BCUT2D eigenvalue weighted by molar-refractivity contribution is -0.137. The van der Waals surface area contributed by atoms with E-state index < -0.39 is 17.5 Å². The Morgan fingerprint density at radius 2 is 1.85 bits per heavy atom. The van der Waals surface area contributed by atoms with Crippen molar-refractivity contribution in [2.75, 3.05) is 18.5 Å². The molecule has 0 aliphatic carbocycles. The first-order valence-corrected chi connectivity index (χ1v) is 7.87. The monoisotopic (exact) mass is 374 g/mol. The number of hydrogen-bond acceptors (Lipinski definition) is 5. The molecule has 0 radical (unpaired) electrons. The summed E-state index contributed by atoms with van der Waals surface area (Å²) in [7, 11) is 0. The summed E-state index contributed by atoms with van der Waals surface area (Å²) in [6.45, 7) is 0.855. The molecule has 0 fully saturated rings. The van der Waals surface area contributed by atoms with Gasteiger partial charge in [0.25, 0.3) is 0 Å². The predicted octanol–water partition coefficient (Wildman–Crippen LogP) is 4.18. The fourth-order valence-electron chi connectivity index (χ4n) is 2.43. The number of nitrogens with zero attached hydrogens (tertiary/aromatic N) is 1. The van der Waals surface area contributed by atoms with Crippen molar-refractivity contribution in [3.05, 3.63) is 65.4 Å². The summed E-state index contributed by atoms with van der Waals surface area (Å²) in [4.78, 5) is 12.4. The van der Waals surface area contributed by atoms with Crippen LogP contribution in [0.3, 0.4) is 0 Å². The number of nitrogens with one attached hydrogen (secondary N) is 1. The second-order valence-electron chi connectivity index (χ2n) is 5.58. The average Bonchev–Trinajstić information content (AvgIpc) is 2.67. The number of halogens is 3. The maximum atomic E-state index is 12.8. The van der Waals surface area contributed by atoms with Crippen LogP contribution in [-0.2, 0) is 6.18 Å². The maximum absolute atomic E-state index is 12.8. The minimum absolute atomic E-state index is 0.221. The van der Waals surface area contributed by atoms with Gasteiger partial charge in [0.1, 0.15) is 24.9 Å². The molecule has 1 heterocycles. The van der Waals surface area contributed by atoms with E-state index in [1.165, 1.54) is 6.07 Å². The van der Waals surface area contributed by atoms with Gasteiger partial charge in [-0.2, -0.15) is 18.4 Å². The molecule has 0 atom stereocenters. The zero-order valence-electron chi connectivity index (χ0n) is 13.8. The second-order valence-corrected chi connectivity index (χ2v) is 5.58. The van der Waals surface area contributed by atoms with E-state index in [0.717, 1.165) is 24.4 Å². The molecule has 3 rings (SSSR count). The van der Waals surface area contributed by atoms with Crippen molar-refractivity contribution in [3.63, 3.8) is 0 Å². The van der Waals surface area contributed by atoms with Gasteiger partial charge in [0.15, 0.2) is 11.5 Å². The van der Waals surface area contributed by atoms with Crippen LogP contribution in [0.1, 0.15) is 15.9 Å². The van der Waals surface area contributed by atoms with Gasteiger partial charge in [0.05, 0.1) is 5.56 Å². The van der Waals surface area contributed by atoms with E-state index in [9.17, 15) is 23.2 Å². The number of rotatable bonds is 4. The number of Topliss-reactive ketones (excluding diaryl/α,β-unsaturated/α-hetero) is 1. The van der Waals surface area contributed by atoms with Gasteiger partial charge in [-0.05, 0) is 24.3 Å². The lowest BCUT2D eigenvalue weighted by atomic mass is 10.0. The van der Waals surface area contributed by atoms with Gasteiger partial charge in [-0.3, -0.25) is 4.79 Å². The van der Waals surface area contributed by atoms with E-state index in [1.807, 2.05) is 0 Å². The van der Waals surface area contributed by atoms with Gasteiger partial charge in [0.2, 0.25) is 5.78 Å². The summed E-state index contributed by atoms with van der Waals surface area (Å²) in [6, 6.07) is 10.6. The lowest BCUT2D eigenvalue weighted by Crippen LogP contribution is -2.15. The van der Waals surface area contributed by atoms with Crippen molar-refractivity contribution < 1.29 is 27.4 Å². The van der Waals surface area contributed by atoms with Gasteiger partial charge in [-0.25, -0.2) is 0 Å². The third kappa shape index (κ3) is 4.20. The third-order valence-electron chi connectivity index (χ3n) is 3.74. The molecule has 138 valence electrons. The van der Waals surface area contributed by atoms with Crippen LogP contribution in [-0.4, -0.2) is 19.0 Å². The van der Waals surface area contributed by atoms with Gasteiger partial charge in [0, 0.05) is 23.5 Å². The number of ether oxygens (including phenoxy) is 2. The smallest absolute Gasteiger partial charge is 0.416 e. The highest BCUT2D eigenvalue weighted by atomic mass is 19.4. The highest BCUT2D eigenvalue weighted by Gasteiger charge is 2.31. The van der Waals surface area contributed by atoms with E-state index in [2.05, 4.69) is 5.32 Å². The standard InChI is InChI=1S/C19H13F3N2O3/c20-19(21,22)14-3-1-2-12(8-14)18(25)13(10-23)11-24-15-4-5-16-17(9-15)27-7-6-26-16/h1-5,8-9,11,24H,6-7H2/b13-11-. The molecule has 1 N–H and O–H groups in total. The SMILES string of the molecule is N#C/C(=C/Nc1ccc2c(c1)OCCO2)C(=O)c1cccc(C(F)(F)F)c1. The molecule has 0 spiro atoms. The Hall–Kier alpha value is -3.47. The molecule has 5 nitrogen and oxygen atoms in total. The highest BCUT2D eigenvalue weighted by molar-refractivity contribution is 6.11. The zero-order valence-corrected chi connectivity index (χ0v) is 13.8. The molecule has 0 aromatic heterocycles. The molecule has 27 heavy (non-hydrogen) atoms. The number of benzene rings is 2. The van der Waals surface area contributed by atoms with Crippen molar-refractivity contribution in [3.8, 4) is 17.6 Å². The highest BCUT2D eigenvalue weighted by Crippen LogP contribution is 2.33. The fourth-order valence-corrected chi connectivity index (χ4v) is 2.43. The van der Waals surface area contributed by atoms with Crippen molar-refractivity contribution in [1.29, 1.82) is 5.26 Å². The number of anilines is 1. The first-order valence-electron chi connectivity index (χ1n) is 7.87. The Kier molecular flexibility index (Phi) is 5.03. The average molecular weight is 374 g/mol. The Bertz CT molecular complexity index is 946. The minimum atomic E-state index is -4.57. The number of fused-ring (bicyclic) bond motifs is 1. The summed E-state index contributed by atoms with van der Waals surface area (Å²) in [6.07, 6.45) is -3.43. The van der Waals surface area contributed by atoms with Crippen molar-refractivity contribution >= 4 is 11.5 Å². The van der Waals surface area contributed by atoms with Crippen LogP contribution in [0.2, 0.25) is 0 Å². The van der Waals surface area contributed by atoms with E-state index in [0.29, 0.717) is 30.4 Å². The Morgan fingerprint density at radius 1 is 1.11 bits per heavy atom. The number of ketones is 1. The summed E-state index contributed by atoms with van der Waals surface area (Å²) < 4.78 is 49.2. The van der Waals surface area contributed by atoms with Gasteiger partial charge in [-0.1, -0.05) is 12.1 Å². The number of hydrogen-bond donors (Lipinski definition) is 1. The topological polar surface area (TPSA) is 71.3 Å². The van der Waals surface area contributed by atoms with E-state index >= 15 is 0 Å². The van der Waals surface area contributed by atoms with Crippen LogP contribution in [0, 0.1) is 11.3 Å². The van der Waals surface area contributed by atoms with Crippen LogP contribution in [0.25, 0.3) is 0 Å². The van der Waals surface area contributed by atoms with Crippen LogP contribution < -0.4 is 14.8 Å². The Balaban J connectivity index is 1.80. The summed E-state index contributed by atoms with van der Waals surface area (Å²) >= 11 is 0. The minimum Gasteiger partial charge on any atom is -0.486 e. The van der Waals surface area contributed by atoms with Crippen molar-refractivity contribution in [1.82, 2.24) is 0 Å². The summed E-state index contributed by atoms with van der Waals surface area (Å²) in [5.41, 5.74) is -0.972. The molecule has 1 aliphatic heterocycles. The Morgan fingerprint density at radius 3 is 2.56 bits per heavy atom. The molecule has 0 bridgehead atoms. The predicted molar refractivity (Wildman–Crippen MR) is 90.5 cm³/mol. The summed E-state index contributed by atoms with van der Waals surface area (Å²) in [5.74, 6) is 0.285. The van der Waals surface area contributed by atoms with Gasteiger partial charge >= 0.3 is 6.18 Å². The van der Waals surface area contributed by atoms with Crippen LogP contribution in [0.4, 0.5) is 18.9 Å². The number of alkyl halides is 3. The van der Waals surface area contributed by atoms with Gasteiger partial charge in [-0.15, -0.1) is 0 Å². The zero-order chi connectivity index (χ0) is 19.4. The molecule has 2 aromatic rings.